The lowest BCUT2D eigenvalue weighted by Crippen LogP contribution is -2.24. The highest BCUT2D eigenvalue weighted by Gasteiger charge is 2.13. The molecule has 8 heteroatoms. The van der Waals surface area contributed by atoms with Crippen LogP contribution in [0.3, 0.4) is 0 Å². The first-order valence-electron chi connectivity index (χ1n) is 5.45. The second-order valence-corrected chi connectivity index (χ2v) is 5.52. The molecule has 0 bridgehead atoms. The third-order valence-electron chi connectivity index (χ3n) is 2.37. The summed E-state index contributed by atoms with van der Waals surface area (Å²) < 4.78 is 7.01. The predicted octanol–water partition coefficient (Wildman–Crippen LogP) is 1.28. The molecule has 0 amide bonds. The number of hydrogen-bond donors (Lipinski definition) is 1. The van der Waals surface area contributed by atoms with E-state index in [9.17, 15) is 9.59 Å². The van der Waals surface area contributed by atoms with Crippen LogP contribution in [0.1, 0.15) is 0 Å². The van der Waals surface area contributed by atoms with E-state index >= 15 is 0 Å². The van der Waals surface area contributed by atoms with Gasteiger partial charge in [-0.1, -0.05) is 11.8 Å². The number of methoxy groups -OCH3 is 1. The first kappa shape index (κ1) is 14.0. The standard InChI is InChI=1S/C11H12N2O4S2/c1-17-4-3-13-10(16)9-7(2-5-18-9)12-11(13)19-6-8(14)15/h2,5H,3-4,6H2,1H3,(H,14,15). The second kappa shape index (κ2) is 6.18. The molecule has 2 heterocycles. The quantitative estimate of drug-likeness (QED) is 0.639. The van der Waals surface area contributed by atoms with Crippen LogP contribution < -0.4 is 5.56 Å². The molecular formula is C11H12N2O4S2. The topological polar surface area (TPSA) is 81.4 Å². The van der Waals surface area contributed by atoms with Crippen molar-refractivity contribution in [1.29, 1.82) is 0 Å². The SMILES string of the molecule is COCCn1c(SCC(=O)O)nc2ccsc2c1=O. The number of aliphatic carboxylic acids is 1. The molecule has 1 N–H and O–H groups in total. The molecule has 0 unspecified atom stereocenters. The normalized spacial score (nSPS) is 11.0. The number of carboxylic acids is 1. The Kier molecular flexibility index (Phi) is 4.56. The van der Waals surface area contributed by atoms with Gasteiger partial charge in [0.05, 0.1) is 24.4 Å². The van der Waals surface area contributed by atoms with Crippen LogP contribution in [0.15, 0.2) is 21.4 Å². The Bertz CT molecular complexity index is 650. The van der Waals surface area contributed by atoms with Gasteiger partial charge in [-0.25, -0.2) is 4.98 Å². The molecular weight excluding hydrogens is 288 g/mol. The number of carbonyl (C=O) groups is 1. The van der Waals surface area contributed by atoms with Gasteiger partial charge in [-0.2, -0.15) is 0 Å². The molecule has 2 aromatic heterocycles. The van der Waals surface area contributed by atoms with Crippen LogP contribution >= 0.6 is 23.1 Å². The van der Waals surface area contributed by atoms with E-state index in [1.54, 1.807) is 18.6 Å². The zero-order valence-corrected chi connectivity index (χ0v) is 11.8. The van der Waals surface area contributed by atoms with Crippen molar-refractivity contribution in [3.05, 3.63) is 21.8 Å². The molecule has 0 saturated carbocycles. The summed E-state index contributed by atoms with van der Waals surface area (Å²) >= 11 is 2.37. The van der Waals surface area contributed by atoms with E-state index in [1.807, 2.05) is 0 Å². The second-order valence-electron chi connectivity index (χ2n) is 3.66. The van der Waals surface area contributed by atoms with Crippen molar-refractivity contribution in [2.24, 2.45) is 0 Å². The van der Waals surface area contributed by atoms with E-state index in [0.717, 1.165) is 11.8 Å². The predicted molar refractivity (Wildman–Crippen MR) is 74.1 cm³/mol. The van der Waals surface area contributed by atoms with Gasteiger partial charge in [-0.3, -0.25) is 14.2 Å². The van der Waals surface area contributed by atoms with Crippen LogP contribution in [-0.2, 0) is 16.1 Å². The van der Waals surface area contributed by atoms with Gasteiger partial charge >= 0.3 is 5.97 Å². The van der Waals surface area contributed by atoms with Crippen LogP contribution in [0.5, 0.6) is 0 Å². The van der Waals surface area contributed by atoms with Gasteiger partial charge in [0.1, 0.15) is 4.70 Å². The maximum absolute atomic E-state index is 12.3. The maximum atomic E-state index is 12.3. The molecule has 0 aliphatic carbocycles. The molecule has 0 saturated heterocycles. The van der Waals surface area contributed by atoms with Crippen LogP contribution in [0.25, 0.3) is 10.2 Å². The molecule has 2 aromatic rings. The Morgan fingerprint density at radius 1 is 1.63 bits per heavy atom. The molecule has 0 spiro atoms. The number of thioether (sulfide) groups is 1. The Labute approximate surface area is 117 Å². The first-order valence-corrected chi connectivity index (χ1v) is 7.31. The molecule has 0 radical (unpaired) electrons. The highest BCUT2D eigenvalue weighted by molar-refractivity contribution is 7.99. The molecule has 0 aliphatic rings. The monoisotopic (exact) mass is 300 g/mol. The zero-order chi connectivity index (χ0) is 13.8. The minimum atomic E-state index is -0.942. The first-order chi connectivity index (χ1) is 9.13. The van der Waals surface area contributed by atoms with Crippen molar-refractivity contribution >= 4 is 39.3 Å². The number of fused-ring (bicyclic) bond motifs is 1. The number of thiophene rings is 1. The van der Waals surface area contributed by atoms with Crippen molar-refractivity contribution in [3.8, 4) is 0 Å². The summed E-state index contributed by atoms with van der Waals surface area (Å²) in [6.07, 6.45) is 0. The van der Waals surface area contributed by atoms with Gasteiger partial charge in [0.25, 0.3) is 5.56 Å². The molecule has 0 atom stereocenters. The van der Waals surface area contributed by atoms with E-state index in [-0.39, 0.29) is 11.3 Å². The summed E-state index contributed by atoms with van der Waals surface area (Å²) in [5.41, 5.74) is 0.460. The van der Waals surface area contributed by atoms with Gasteiger partial charge in [0.15, 0.2) is 5.16 Å². The van der Waals surface area contributed by atoms with Crippen LogP contribution in [0, 0.1) is 0 Å². The highest BCUT2D eigenvalue weighted by atomic mass is 32.2. The Balaban J connectivity index is 2.45. The Hall–Kier alpha value is -1.38. The number of nitrogens with zero attached hydrogens (tertiary/aromatic N) is 2. The number of carboxylic acid groups (broad SMARTS) is 1. The lowest BCUT2D eigenvalue weighted by Gasteiger charge is -2.10. The molecule has 0 fully saturated rings. The summed E-state index contributed by atoms with van der Waals surface area (Å²) in [4.78, 5) is 27.3. The summed E-state index contributed by atoms with van der Waals surface area (Å²) in [7, 11) is 1.55. The summed E-state index contributed by atoms with van der Waals surface area (Å²) in [5.74, 6) is -1.07. The molecule has 0 aliphatic heterocycles. The number of ether oxygens (including phenoxy) is 1. The zero-order valence-electron chi connectivity index (χ0n) is 10.2. The summed E-state index contributed by atoms with van der Waals surface area (Å²) in [6, 6.07) is 1.76. The van der Waals surface area contributed by atoms with Gasteiger partial charge in [0.2, 0.25) is 0 Å². The highest BCUT2D eigenvalue weighted by Crippen LogP contribution is 2.20. The molecule has 6 nitrogen and oxygen atoms in total. The molecule has 102 valence electrons. The number of aromatic nitrogens is 2. The summed E-state index contributed by atoms with van der Waals surface area (Å²) in [5, 5.41) is 10.9. The van der Waals surface area contributed by atoms with E-state index in [2.05, 4.69) is 4.98 Å². The van der Waals surface area contributed by atoms with Gasteiger partial charge in [-0.15, -0.1) is 11.3 Å². The van der Waals surface area contributed by atoms with Crippen molar-refractivity contribution in [2.75, 3.05) is 19.5 Å². The number of hydrogen-bond acceptors (Lipinski definition) is 6. The van der Waals surface area contributed by atoms with Crippen LogP contribution in [0.4, 0.5) is 0 Å². The molecule has 19 heavy (non-hydrogen) atoms. The van der Waals surface area contributed by atoms with Crippen molar-refractivity contribution < 1.29 is 14.6 Å². The third kappa shape index (κ3) is 3.14. The van der Waals surface area contributed by atoms with Crippen LogP contribution in [-0.4, -0.2) is 40.1 Å². The minimum Gasteiger partial charge on any atom is -0.481 e. The fourth-order valence-electron chi connectivity index (χ4n) is 1.54. The van der Waals surface area contributed by atoms with E-state index in [1.165, 1.54) is 15.9 Å². The van der Waals surface area contributed by atoms with Crippen molar-refractivity contribution in [1.82, 2.24) is 9.55 Å². The Morgan fingerprint density at radius 3 is 3.11 bits per heavy atom. The van der Waals surface area contributed by atoms with E-state index < -0.39 is 5.97 Å². The lowest BCUT2D eigenvalue weighted by molar-refractivity contribution is -0.133. The van der Waals surface area contributed by atoms with E-state index in [0.29, 0.717) is 28.5 Å². The Morgan fingerprint density at radius 2 is 2.42 bits per heavy atom. The fraction of sp³-hybridized carbons (Fsp3) is 0.364. The van der Waals surface area contributed by atoms with Crippen LogP contribution in [0.2, 0.25) is 0 Å². The average Bonchev–Trinajstić information content (AvgIpc) is 2.84. The third-order valence-corrected chi connectivity index (χ3v) is 4.23. The van der Waals surface area contributed by atoms with E-state index in [4.69, 9.17) is 9.84 Å². The summed E-state index contributed by atoms with van der Waals surface area (Å²) in [6.45, 7) is 0.733. The van der Waals surface area contributed by atoms with Gasteiger partial charge in [0, 0.05) is 7.11 Å². The number of rotatable bonds is 6. The molecule has 2 rings (SSSR count). The minimum absolute atomic E-state index is 0.130. The lowest BCUT2D eigenvalue weighted by atomic mass is 10.4. The van der Waals surface area contributed by atoms with Crippen molar-refractivity contribution in [3.63, 3.8) is 0 Å². The molecule has 0 aromatic carbocycles. The average molecular weight is 300 g/mol. The smallest absolute Gasteiger partial charge is 0.313 e. The van der Waals surface area contributed by atoms with Crippen molar-refractivity contribution in [2.45, 2.75) is 11.7 Å². The largest absolute Gasteiger partial charge is 0.481 e. The fourth-order valence-corrected chi connectivity index (χ4v) is 3.06. The van der Waals surface area contributed by atoms with Gasteiger partial charge in [-0.05, 0) is 11.4 Å². The maximum Gasteiger partial charge on any atom is 0.313 e. The van der Waals surface area contributed by atoms with Gasteiger partial charge < -0.3 is 9.84 Å².